The maximum absolute atomic E-state index is 7.37. The third kappa shape index (κ3) is 2.94. The first-order valence-corrected chi connectivity index (χ1v) is 6.80. The number of thioether (sulfide) groups is 1. The van der Waals surface area contributed by atoms with Crippen molar-refractivity contribution in [3.63, 3.8) is 0 Å². The Bertz CT molecular complexity index is 411. The van der Waals surface area contributed by atoms with E-state index in [1.54, 1.807) is 0 Å². The van der Waals surface area contributed by atoms with Gasteiger partial charge in [0, 0.05) is 34.8 Å². The number of amidine groups is 1. The Balaban J connectivity index is 2.14. The molecule has 4 heteroatoms. The molecule has 3 nitrogen and oxygen atoms in total. The number of rotatable bonds is 2. The SMILES string of the molecule is CC1(C)CN(c2ccc(C(=N)N)cc2)CCS1. The second kappa shape index (κ2) is 4.61. The molecule has 0 atom stereocenters. The lowest BCUT2D eigenvalue weighted by atomic mass is 10.1. The molecule has 0 radical (unpaired) electrons. The van der Waals surface area contributed by atoms with Crippen LogP contribution in [0.25, 0.3) is 0 Å². The number of nitrogens with one attached hydrogen (secondary N) is 1. The van der Waals surface area contributed by atoms with Gasteiger partial charge in [0.2, 0.25) is 0 Å². The van der Waals surface area contributed by atoms with Gasteiger partial charge in [-0.1, -0.05) is 0 Å². The molecule has 1 saturated heterocycles. The molecule has 0 aromatic heterocycles. The van der Waals surface area contributed by atoms with Gasteiger partial charge in [-0.15, -0.1) is 0 Å². The van der Waals surface area contributed by atoms with Crippen LogP contribution in [0.5, 0.6) is 0 Å². The second-order valence-electron chi connectivity index (χ2n) is 4.99. The number of anilines is 1. The van der Waals surface area contributed by atoms with Crippen molar-refractivity contribution in [3.05, 3.63) is 29.8 Å². The predicted octanol–water partition coefficient (Wildman–Crippen LogP) is 2.30. The average molecular weight is 249 g/mol. The Morgan fingerprint density at radius 2 is 2.00 bits per heavy atom. The van der Waals surface area contributed by atoms with Crippen LogP contribution in [-0.2, 0) is 0 Å². The minimum atomic E-state index is 0.131. The average Bonchev–Trinajstić information content (AvgIpc) is 2.28. The fourth-order valence-corrected chi connectivity index (χ4v) is 3.20. The maximum atomic E-state index is 7.37. The van der Waals surface area contributed by atoms with Crippen LogP contribution < -0.4 is 10.6 Å². The molecule has 1 aliphatic rings. The second-order valence-corrected chi connectivity index (χ2v) is 6.79. The number of benzene rings is 1. The quantitative estimate of drug-likeness (QED) is 0.624. The lowest BCUT2D eigenvalue weighted by molar-refractivity contribution is 0.648. The molecule has 1 aliphatic heterocycles. The highest BCUT2D eigenvalue weighted by atomic mass is 32.2. The van der Waals surface area contributed by atoms with Crippen LogP contribution >= 0.6 is 11.8 Å². The van der Waals surface area contributed by atoms with Crippen molar-refractivity contribution < 1.29 is 0 Å². The van der Waals surface area contributed by atoms with Gasteiger partial charge in [0.25, 0.3) is 0 Å². The van der Waals surface area contributed by atoms with Gasteiger partial charge in [-0.05, 0) is 38.1 Å². The van der Waals surface area contributed by atoms with Crippen molar-refractivity contribution in [2.24, 2.45) is 5.73 Å². The van der Waals surface area contributed by atoms with Crippen molar-refractivity contribution in [2.75, 3.05) is 23.7 Å². The Hall–Kier alpha value is -1.16. The minimum Gasteiger partial charge on any atom is -0.384 e. The first-order valence-electron chi connectivity index (χ1n) is 5.81. The van der Waals surface area contributed by atoms with E-state index >= 15 is 0 Å². The van der Waals surface area contributed by atoms with E-state index in [0.29, 0.717) is 4.75 Å². The summed E-state index contributed by atoms with van der Waals surface area (Å²) in [6.07, 6.45) is 0. The van der Waals surface area contributed by atoms with Crippen molar-refractivity contribution in [3.8, 4) is 0 Å². The first kappa shape index (κ1) is 12.3. The van der Waals surface area contributed by atoms with Gasteiger partial charge in [0.1, 0.15) is 5.84 Å². The maximum Gasteiger partial charge on any atom is 0.122 e. The molecular weight excluding hydrogens is 230 g/mol. The van der Waals surface area contributed by atoms with E-state index in [2.05, 4.69) is 30.9 Å². The summed E-state index contributed by atoms with van der Waals surface area (Å²) in [5, 5.41) is 7.37. The molecule has 1 fully saturated rings. The molecule has 0 saturated carbocycles. The van der Waals surface area contributed by atoms with Gasteiger partial charge < -0.3 is 10.6 Å². The summed E-state index contributed by atoms with van der Waals surface area (Å²) in [6.45, 7) is 6.73. The molecule has 92 valence electrons. The number of hydrogen-bond acceptors (Lipinski definition) is 3. The van der Waals surface area contributed by atoms with Gasteiger partial charge in [-0.3, -0.25) is 5.41 Å². The zero-order chi connectivity index (χ0) is 12.5. The topological polar surface area (TPSA) is 53.1 Å². The van der Waals surface area contributed by atoms with Crippen LogP contribution in [0, 0.1) is 5.41 Å². The lowest BCUT2D eigenvalue weighted by Gasteiger charge is -2.39. The molecular formula is C13H19N3S. The summed E-state index contributed by atoms with van der Waals surface area (Å²) >= 11 is 2.03. The van der Waals surface area contributed by atoms with Crippen molar-refractivity contribution in [2.45, 2.75) is 18.6 Å². The van der Waals surface area contributed by atoms with E-state index < -0.39 is 0 Å². The summed E-state index contributed by atoms with van der Waals surface area (Å²) in [5.41, 5.74) is 7.47. The molecule has 1 aromatic rings. The standard InChI is InChI=1S/C13H19N3S/c1-13(2)9-16(7-8-17-13)11-5-3-10(4-6-11)12(14)15/h3-6H,7-9H2,1-2H3,(H3,14,15). The van der Waals surface area contributed by atoms with Gasteiger partial charge in [-0.2, -0.15) is 11.8 Å². The van der Waals surface area contributed by atoms with E-state index in [-0.39, 0.29) is 5.84 Å². The van der Waals surface area contributed by atoms with Crippen LogP contribution in [-0.4, -0.2) is 29.4 Å². The third-order valence-corrected chi connectivity index (χ3v) is 4.27. The highest BCUT2D eigenvalue weighted by molar-refractivity contribution is 8.00. The summed E-state index contributed by atoms with van der Waals surface area (Å²) < 4.78 is 0.317. The summed E-state index contributed by atoms with van der Waals surface area (Å²) in [7, 11) is 0. The number of nitrogens with zero attached hydrogens (tertiary/aromatic N) is 1. The largest absolute Gasteiger partial charge is 0.384 e. The molecule has 0 amide bonds. The van der Waals surface area contributed by atoms with Crippen molar-refractivity contribution in [1.29, 1.82) is 5.41 Å². The fraction of sp³-hybridized carbons (Fsp3) is 0.462. The Morgan fingerprint density at radius 3 is 2.53 bits per heavy atom. The minimum absolute atomic E-state index is 0.131. The van der Waals surface area contributed by atoms with Gasteiger partial charge in [0.15, 0.2) is 0 Å². The van der Waals surface area contributed by atoms with Gasteiger partial charge >= 0.3 is 0 Å². The van der Waals surface area contributed by atoms with Crippen LogP contribution in [0.15, 0.2) is 24.3 Å². The summed E-state index contributed by atoms with van der Waals surface area (Å²) in [5.74, 6) is 1.30. The van der Waals surface area contributed by atoms with E-state index in [4.69, 9.17) is 11.1 Å². The molecule has 17 heavy (non-hydrogen) atoms. The number of nitrogens with two attached hydrogens (primary N) is 1. The summed E-state index contributed by atoms with van der Waals surface area (Å²) in [4.78, 5) is 2.40. The molecule has 3 N–H and O–H groups in total. The fourth-order valence-electron chi connectivity index (χ4n) is 2.09. The Morgan fingerprint density at radius 1 is 1.35 bits per heavy atom. The molecule has 1 aromatic carbocycles. The number of nitrogen functional groups attached to an aromatic ring is 1. The van der Waals surface area contributed by atoms with Crippen molar-refractivity contribution in [1.82, 2.24) is 0 Å². The molecule has 0 bridgehead atoms. The molecule has 0 aliphatic carbocycles. The van der Waals surface area contributed by atoms with Gasteiger partial charge in [0.05, 0.1) is 0 Å². The van der Waals surface area contributed by atoms with E-state index in [1.165, 1.54) is 11.4 Å². The normalized spacial score (nSPS) is 19.1. The first-order chi connectivity index (χ1) is 7.98. The molecule has 0 spiro atoms. The smallest absolute Gasteiger partial charge is 0.122 e. The number of hydrogen-bond donors (Lipinski definition) is 2. The van der Waals surface area contributed by atoms with Crippen LogP contribution in [0.4, 0.5) is 5.69 Å². The summed E-state index contributed by atoms with van der Waals surface area (Å²) in [6, 6.07) is 7.96. The van der Waals surface area contributed by atoms with Gasteiger partial charge in [-0.25, -0.2) is 0 Å². The Labute approximate surface area is 107 Å². The molecule has 2 rings (SSSR count). The van der Waals surface area contributed by atoms with Crippen molar-refractivity contribution >= 4 is 23.3 Å². The Kier molecular flexibility index (Phi) is 3.33. The third-order valence-electron chi connectivity index (χ3n) is 2.97. The highest BCUT2D eigenvalue weighted by Gasteiger charge is 2.26. The lowest BCUT2D eigenvalue weighted by Crippen LogP contribution is -2.43. The monoisotopic (exact) mass is 249 g/mol. The molecule has 1 heterocycles. The van der Waals surface area contributed by atoms with Crippen LogP contribution in [0.1, 0.15) is 19.4 Å². The predicted molar refractivity (Wildman–Crippen MR) is 76.2 cm³/mol. The molecule has 0 unspecified atom stereocenters. The zero-order valence-electron chi connectivity index (χ0n) is 10.4. The van der Waals surface area contributed by atoms with E-state index in [1.807, 2.05) is 23.9 Å². The highest BCUT2D eigenvalue weighted by Crippen LogP contribution is 2.32. The zero-order valence-corrected chi connectivity index (χ0v) is 11.2. The van der Waals surface area contributed by atoms with E-state index in [9.17, 15) is 0 Å². The van der Waals surface area contributed by atoms with Crippen LogP contribution in [0.3, 0.4) is 0 Å². The van der Waals surface area contributed by atoms with Crippen LogP contribution in [0.2, 0.25) is 0 Å². The van der Waals surface area contributed by atoms with E-state index in [0.717, 1.165) is 18.7 Å².